The Morgan fingerprint density at radius 3 is 2.59 bits per heavy atom. The summed E-state index contributed by atoms with van der Waals surface area (Å²) in [5, 5.41) is 3.59. The molecule has 2 aromatic carbocycles. The van der Waals surface area contributed by atoms with E-state index in [0.29, 0.717) is 17.9 Å². The van der Waals surface area contributed by atoms with Crippen LogP contribution in [0.4, 0.5) is 5.69 Å². The number of benzene rings is 2. The predicted molar refractivity (Wildman–Crippen MR) is 105 cm³/mol. The Bertz CT molecular complexity index is 904. The summed E-state index contributed by atoms with van der Waals surface area (Å²) in [6.07, 6.45) is -0.208. The summed E-state index contributed by atoms with van der Waals surface area (Å²) in [6.45, 7) is 1.55. The Labute approximate surface area is 161 Å². The van der Waals surface area contributed by atoms with Crippen LogP contribution in [0.2, 0.25) is 0 Å². The Morgan fingerprint density at radius 2 is 1.89 bits per heavy atom. The van der Waals surface area contributed by atoms with Crippen molar-refractivity contribution in [2.45, 2.75) is 25.9 Å². The minimum Gasteiger partial charge on any atom is -0.497 e. The van der Waals surface area contributed by atoms with Gasteiger partial charge in [0.05, 0.1) is 28.8 Å². The molecule has 1 N–H and O–H groups in total. The van der Waals surface area contributed by atoms with Gasteiger partial charge in [0, 0.05) is 12.1 Å². The molecule has 1 aromatic heterocycles. The van der Waals surface area contributed by atoms with Crippen LogP contribution in [-0.2, 0) is 20.7 Å². The number of fused-ring (bicyclic) bond motifs is 1. The Balaban J connectivity index is 1.48. The zero-order valence-corrected chi connectivity index (χ0v) is 15.9. The highest BCUT2D eigenvalue weighted by Crippen LogP contribution is 2.22. The van der Waals surface area contributed by atoms with Gasteiger partial charge in [0.1, 0.15) is 5.75 Å². The van der Waals surface area contributed by atoms with Crippen LogP contribution in [-0.4, -0.2) is 30.1 Å². The van der Waals surface area contributed by atoms with E-state index in [9.17, 15) is 9.59 Å². The van der Waals surface area contributed by atoms with Crippen molar-refractivity contribution in [1.82, 2.24) is 4.98 Å². The van der Waals surface area contributed by atoms with Gasteiger partial charge in [-0.1, -0.05) is 12.1 Å². The number of hydrogen-bond acceptors (Lipinski definition) is 6. The Kier molecular flexibility index (Phi) is 6.03. The van der Waals surface area contributed by atoms with E-state index >= 15 is 0 Å². The molecule has 0 aliphatic heterocycles. The van der Waals surface area contributed by atoms with Gasteiger partial charge in [-0.2, -0.15) is 0 Å². The van der Waals surface area contributed by atoms with Gasteiger partial charge < -0.3 is 14.8 Å². The highest BCUT2D eigenvalue weighted by molar-refractivity contribution is 7.18. The molecule has 1 atom stereocenters. The third kappa shape index (κ3) is 5.04. The van der Waals surface area contributed by atoms with Gasteiger partial charge in [-0.05, 0) is 43.3 Å². The van der Waals surface area contributed by atoms with Crippen LogP contribution in [0.3, 0.4) is 0 Å². The van der Waals surface area contributed by atoms with Crippen LogP contribution in [0.1, 0.15) is 18.4 Å². The fraction of sp³-hybridized carbons (Fsp3) is 0.250. The van der Waals surface area contributed by atoms with E-state index in [-0.39, 0.29) is 12.3 Å². The summed E-state index contributed by atoms with van der Waals surface area (Å²) in [5.41, 5.74) is 1.54. The van der Waals surface area contributed by atoms with Crippen molar-refractivity contribution in [1.29, 1.82) is 0 Å². The molecular formula is C20H20N2O4S. The third-order valence-electron chi connectivity index (χ3n) is 3.92. The second kappa shape index (κ2) is 8.64. The van der Waals surface area contributed by atoms with Gasteiger partial charge in [0.25, 0.3) is 5.91 Å². The average molecular weight is 384 g/mol. The standard InChI is InChI=1S/C20H20N2O4S/c1-13(20(24)21-14-7-9-15(25-2)10-8-14)26-19(23)12-11-18-22-16-5-3-4-6-17(16)27-18/h3-10,13H,11-12H2,1-2H3,(H,21,24). The van der Waals surface area contributed by atoms with E-state index in [4.69, 9.17) is 9.47 Å². The van der Waals surface area contributed by atoms with Crippen molar-refractivity contribution in [3.05, 3.63) is 53.5 Å². The lowest BCUT2D eigenvalue weighted by molar-refractivity contribution is -0.153. The number of anilines is 1. The number of aromatic nitrogens is 1. The highest BCUT2D eigenvalue weighted by atomic mass is 32.1. The van der Waals surface area contributed by atoms with Crippen molar-refractivity contribution in [2.75, 3.05) is 12.4 Å². The number of methoxy groups -OCH3 is 1. The lowest BCUT2D eigenvalue weighted by atomic mass is 10.2. The molecule has 1 heterocycles. The fourth-order valence-electron chi connectivity index (χ4n) is 2.46. The number of hydrogen-bond donors (Lipinski definition) is 1. The van der Waals surface area contributed by atoms with Crippen molar-refractivity contribution < 1.29 is 19.1 Å². The molecule has 0 saturated carbocycles. The summed E-state index contributed by atoms with van der Waals surface area (Å²) >= 11 is 1.56. The van der Waals surface area contributed by atoms with E-state index in [1.807, 2.05) is 24.3 Å². The molecule has 0 fully saturated rings. The van der Waals surface area contributed by atoms with Crippen LogP contribution in [0, 0.1) is 0 Å². The van der Waals surface area contributed by atoms with Gasteiger partial charge in [-0.15, -0.1) is 11.3 Å². The molecule has 0 bridgehead atoms. The average Bonchev–Trinajstić information content (AvgIpc) is 3.10. The molecule has 6 nitrogen and oxygen atoms in total. The van der Waals surface area contributed by atoms with Crippen molar-refractivity contribution in [3.8, 4) is 5.75 Å². The second-order valence-electron chi connectivity index (χ2n) is 5.93. The number of nitrogens with zero attached hydrogens (tertiary/aromatic N) is 1. The number of ether oxygens (including phenoxy) is 2. The van der Waals surface area contributed by atoms with E-state index in [0.717, 1.165) is 15.2 Å². The SMILES string of the molecule is COc1ccc(NC(=O)C(C)OC(=O)CCc2nc3ccccc3s2)cc1. The summed E-state index contributed by atoms with van der Waals surface area (Å²) in [4.78, 5) is 28.7. The molecule has 3 rings (SSSR count). The summed E-state index contributed by atoms with van der Waals surface area (Å²) < 4.78 is 11.4. The number of esters is 1. The monoisotopic (exact) mass is 384 g/mol. The molecule has 0 spiro atoms. The predicted octanol–water partition coefficient (Wildman–Crippen LogP) is 3.81. The molecule has 0 aliphatic carbocycles. The Morgan fingerprint density at radius 1 is 1.15 bits per heavy atom. The van der Waals surface area contributed by atoms with E-state index in [2.05, 4.69) is 10.3 Å². The van der Waals surface area contributed by atoms with Gasteiger partial charge in [0.15, 0.2) is 6.10 Å². The van der Waals surface area contributed by atoms with Crippen LogP contribution in [0.5, 0.6) is 5.75 Å². The summed E-state index contributed by atoms with van der Waals surface area (Å²) in [7, 11) is 1.57. The van der Waals surface area contributed by atoms with Crippen molar-refractivity contribution >= 4 is 39.1 Å². The normalized spacial score (nSPS) is 11.8. The van der Waals surface area contributed by atoms with Gasteiger partial charge in [0.2, 0.25) is 0 Å². The number of thiazole rings is 1. The number of nitrogens with one attached hydrogen (secondary N) is 1. The maximum Gasteiger partial charge on any atom is 0.306 e. The zero-order valence-electron chi connectivity index (χ0n) is 15.1. The minimum atomic E-state index is -0.880. The first-order valence-corrected chi connectivity index (χ1v) is 9.35. The fourth-order valence-corrected chi connectivity index (χ4v) is 3.43. The Hall–Kier alpha value is -2.93. The highest BCUT2D eigenvalue weighted by Gasteiger charge is 2.18. The molecule has 0 radical (unpaired) electrons. The topological polar surface area (TPSA) is 77.5 Å². The first-order valence-electron chi connectivity index (χ1n) is 8.54. The van der Waals surface area contributed by atoms with Crippen LogP contribution in [0.15, 0.2) is 48.5 Å². The molecule has 140 valence electrons. The first-order chi connectivity index (χ1) is 13.0. The second-order valence-corrected chi connectivity index (χ2v) is 7.04. The van der Waals surface area contributed by atoms with Gasteiger partial charge in [-0.3, -0.25) is 9.59 Å². The molecule has 0 aliphatic rings. The van der Waals surface area contributed by atoms with Crippen LogP contribution < -0.4 is 10.1 Å². The van der Waals surface area contributed by atoms with E-state index in [1.54, 1.807) is 49.6 Å². The van der Waals surface area contributed by atoms with E-state index < -0.39 is 12.1 Å². The van der Waals surface area contributed by atoms with Crippen molar-refractivity contribution in [2.24, 2.45) is 0 Å². The number of carbonyl (C=O) groups is 2. The quantitative estimate of drug-likeness (QED) is 0.627. The lowest BCUT2D eigenvalue weighted by Gasteiger charge is -2.13. The maximum atomic E-state index is 12.2. The number of amides is 1. The number of aryl methyl sites for hydroxylation is 1. The smallest absolute Gasteiger partial charge is 0.306 e. The number of para-hydroxylation sites is 1. The van der Waals surface area contributed by atoms with Crippen LogP contribution in [0.25, 0.3) is 10.2 Å². The largest absolute Gasteiger partial charge is 0.497 e. The molecule has 27 heavy (non-hydrogen) atoms. The summed E-state index contributed by atoms with van der Waals surface area (Å²) in [6, 6.07) is 14.8. The summed E-state index contributed by atoms with van der Waals surface area (Å²) in [5.74, 6) is -0.109. The number of carbonyl (C=O) groups excluding carboxylic acids is 2. The minimum absolute atomic E-state index is 0.181. The molecule has 0 saturated heterocycles. The third-order valence-corrected chi connectivity index (χ3v) is 5.01. The number of rotatable bonds is 7. The van der Waals surface area contributed by atoms with Gasteiger partial charge in [-0.25, -0.2) is 4.98 Å². The molecular weight excluding hydrogens is 364 g/mol. The molecule has 1 unspecified atom stereocenters. The maximum absolute atomic E-state index is 12.2. The molecule has 3 aromatic rings. The van der Waals surface area contributed by atoms with E-state index in [1.165, 1.54) is 0 Å². The molecule has 7 heteroatoms. The van der Waals surface area contributed by atoms with Crippen LogP contribution >= 0.6 is 11.3 Å². The van der Waals surface area contributed by atoms with Gasteiger partial charge >= 0.3 is 5.97 Å². The zero-order chi connectivity index (χ0) is 19.2. The lowest BCUT2D eigenvalue weighted by Crippen LogP contribution is -2.30. The van der Waals surface area contributed by atoms with Crippen molar-refractivity contribution in [3.63, 3.8) is 0 Å². The first kappa shape index (κ1) is 18.8. The molecule has 1 amide bonds.